The fourth-order valence-electron chi connectivity index (χ4n) is 3.97. The number of unbranched alkanes of at least 4 members (excludes halogenated alkanes) is 2. The lowest BCUT2D eigenvalue weighted by Gasteiger charge is -2.12. The first-order valence-electron chi connectivity index (χ1n) is 12.0. The van der Waals surface area contributed by atoms with Crippen molar-refractivity contribution in [2.24, 2.45) is 0 Å². The Kier molecular flexibility index (Phi) is 8.63. The number of thiophene rings is 1. The lowest BCUT2D eigenvalue weighted by atomic mass is 10.1. The molecule has 0 saturated carbocycles. The van der Waals surface area contributed by atoms with Crippen molar-refractivity contribution in [1.82, 2.24) is 14.5 Å². The summed E-state index contributed by atoms with van der Waals surface area (Å²) in [6.45, 7) is 0.311. The summed E-state index contributed by atoms with van der Waals surface area (Å²) in [5, 5.41) is 7.29. The molecule has 0 aliphatic carbocycles. The molecule has 0 unspecified atom stereocenters. The minimum Gasteiger partial charge on any atom is -0.352 e. The van der Waals surface area contributed by atoms with Gasteiger partial charge in [-0.3, -0.25) is 23.5 Å². The molecule has 2 amide bonds. The number of hydrogen-bond acceptors (Lipinski definition) is 5. The van der Waals surface area contributed by atoms with Gasteiger partial charge in [-0.25, -0.2) is 9.18 Å². The normalized spacial score (nSPS) is 10.9. The molecule has 0 fully saturated rings. The van der Waals surface area contributed by atoms with Gasteiger partial charge in [0.1, 0.15) is 17.1 Å². The largest absolute Gasteiger partial charge is 0.352 e. The van der Waals surface area contributed by atoms with Crippen molar-refractivity contribution in [2.45, 2.75) is 45.3 Å². The summed E-state index contributed by atoms with van der Waals surface area (Å²) in [4.78, 5) is 50.8. The third kappa shape index (κ3) is 6.79. The first-order chi connectivity index (χ1) is 17.9. The van der Waals surface area contributed by atoms with Crippen molar-refractivity contribution in [1.29, 1.82) is 0 Å². The highest BCUT2D eigenvalue weighted by atomic mass is 32.1. The molecule has 0 saturated heterocycles. The Hall–Kier alpha value is -4.05. The van der Waals surface area contributed by atoms with Crippen LogP contribution in [0.1, 0.15) is 31.2 Å². The number of fused-ring (bicyclic) bond motifs is 1. The van der Waals surface area contributed by atoms with E-state index in [0.29, 0.717) is 48.1 Å². The van der Waals surface area contributed by atoms with Crippen LogP contribution in [-0.4, -0.2) is 20.9 Å². The van der Waals surface area contributed by atoms with Crippen LogP contribution in [-0.2, 0) is 29.2 Å². The van der Waals surface area contributed by atoms with Crippen LogP contribution in [0.15, 0.2) is 75.6 Å². The lowest BCUT2D eigenvalue weighted by Crippen LogP contribution is -2.41. The quantitative estimate of drug-likeness (QED) is 0.292. The second-order valence-electron chi connectivity index (χ2n) is 8.59. The van der Waals surface area contributed by atoms with Crippen molar-refractivity contribution in [3.63, 3.8) is 0 Å². The molecular formula is C27H27FN4O4S. The van der Waals surface area contributed by atoms with Crippen LogP contribution in [0.2, 0.25) is 0 Å². The third-order valence-corrected chi connectivity index (χ3v) is 6.78. The highest BCUT2D eigenvalue weighted by Crippen LogP contribution is 2.16. The van der Waals surface area contributed by atoms with E-state index in [4.69, 9.17) is 0 Å². The van der Waals surface area contributed by atoms with E-state index in [-0.39, 0.29) is 36.3 Å². The minimum absolute atomic E-state index is 0.117. The molecule has 0 aliphatic heterocycles. The Morgan fingerprint density at radius 3 is 2.38 bits per heavy atom. The van der Waals surface area contributed by atoms with Gasteiger partial charge >= 0.3 is 5.69 Å². The van der Waals surface area contributed by atoms with Gasteiger partial charge in [-0.05, 0) is 54.1 Å². The molecular weight excluding hydrogens is 495 g/mol. The molecule has 4 rings (SSSR count). The fraction of sp³-hybridized carbons (Fsp3) is 0.259. The van der Waals surface area contributed by atoms with E-state index in [1.807, 2.05) is 6.07 Å². The summed E-state index contributed by atoms with van der Waals surface area (Å²) in [7, 11) is 0. The van der Waals surface area contributed by atoms with Crippen molar-refractivity contribution in [2.75, 3.05) is 5.32 Å². The predicted octanol–water partition coefficient (Wildman–Crippen LogP) is 3.88. The number of aromatic nitrogens is 2. The molecule has 0 bridgehead atoms. The van der Waals surface area contributed by atoms with Crippen LogP contribution >= 0.6 is 11.3 Å². The van der Waals surface area contributed by atoms with E-state index < -0.39 is 5.69 Å². The standard InChI is InChI=1S/C27H27FN4O4S/c28-20-12-10-19(11-13-20)17-29-23(33)9-5-2-6-15-31-26(35)25-22(14-16-37-25)32(27(31)36)18-24(34)30-21-7-3-1-4-8-21/h1,3-4,7-8,10-14,16H,2,5-6,9,15,17-18H2,(H,29,33)(H,30,34). The zero-order chi connectivity index (χ0) is 26.2. The molecule has 0 aliphatic rings. The molecule has 10 heteroatoms. The smallest absolute Gasteiger partial charge is 0.332 e. The summed E-state index contributed by atoms with van der Waals surface area (Å²) in [6, 6.07) is 16.6. The number of benzene rings is 2. The van der Waals surface area contributed by atoms with Crippen LogP contribution in [0.5, 0.6) is 0 Å². The van der Waals surface area contributed by atoms with Gasteiger partial charge in [0.2, 0.25) is 11.8 Å². The number of rotatable bonds is 11. The van der Waals surface area contributed by atoms with Crippen molar-refractivity contribution < 1.29 is 14.0 Å². The van der Waals surface area contributed by atoms with E-state index in [9.17, 15) is 23.6 Å². The number of carbonyl (C=O) groups is 2. The van der Waals surface area contributed by atoms with Crippen molar-refractivity contribution in [3.8, 4) is 0 Å². The van der Waals surface area contributed by atoms with Crippen molar-refractivity contribution >= 4 is 39.1 Å². The molecule has 2 heterocycles. The highest BCUT2D eigenvalue weighted by molar-refractivity contribution is 7.17. The molecule has 4 aromatic rings. The van der Waals surface area contributed by atoms with Crippen molar-refractivity contribution in [3.05, 3.63) is 98.3 Å². The van der Waals surface area contributed by atoms with E-state index in [1.165, 1.54) is 32.6 Å². The van der Waals surface area contributed by atoms with Crippen LogP contribution in [0, 0.1) is 5.82 Å². The van der Waals surface area contributed by atoms with E-state index in [0.717, 1.165) is 5.56 Å². The Morgan fingerprint density at radius 2 is 1.62 bits per heavy atom. The van der Waals surface area contributed by atoms with E-state index in [1.54, 1.807) is 47.8 Å². The number of hydrogen-bond donors (Lipinski definition) is 2. The van der Waals surface area contributed by atoms with Crippen LogP contribution < -0.4 is 21.9 Å². The summed E-state index contributed by atoms with van der Waals surface area (Å²) >= 11 is 1.24. The third-order valence-electron chi connectivity index (χ3n) is 5.88. The Labute approximate surface area is 216 Å². The molecule has 0 spiro atoms. The molecule has 192 valence electrons. The SMILES string of the molecule is O=C(CCCCCn1c(=O)c2sccc2n(CC(=O)Nc2ccccc2)c1=O)NCc1ccc(F)cc1. The molecule has 0 atom stereocenters. The zero-order valence-electron chi connectivity index (χ0n) is 20.1. The summed E-state index contributed by atoms with van der Waals surface area (Å²) < 4.78 is 15.9. The number of carbonyl (C=O) groups excluding carboxylic acids is 2. The van der Waals surface area contributed by atoms with Gasteiger partial charge in [-0.1, -0.05) is 36.8 Å². The number of nitrogens with zero attached hydrogens (tertiary/aromatic N) is 2. The van der Waals surface area contributed by atoms with Crippen LogP contribution in [0.4, 0.5) is 10.1 Å². The summed E-state index contributed by atoms with van der Waals surface area (Å²) in [6.07, 6.45) is 2.09. The maximum atomic E-state index is 13.2. The van der Waals surface area contributed by atoms with E-state index in [2.05, 4.69) is 10.6 Å². The Morgan fingerprint density at radius 1 is 0.865 bits per heavy atom. The number of anilines is 1. The molecule has 37 heavy (non-hydrogen) atoms. The lowest BCUT2D eigenvalue weighted by molar-refractivity contribution is -0.121. The topological polar surface area (TPSA) is 102 Å². The second kappa shape index (κ2) is 12.3. The Balaban J connectivity index is 1.33. The van der Waals surface area contributed by atoms with Gasteiger partial charge in [0, 0.05) is 25.2 Å². The maximum absolute atomic E-state index is 13.2. The first-order valence-corrected chi connectivity index (χ1v) is 12.9. The van der Waals surface area contributed by atoms with Gasteiger partial charge in [0.05, 0.1) is 5.52 Å². The van der Waals surface area contributed by atoms with E-state index >= 15 is 0 Å². The highest BCUT2D eigenvalue weighted by Gasteiger charge is 2.16. The summed E-state index contributed by atoms with van der Waals surface area (Å²) in [5.41, 5.74) is 0.976. The molecule has 2 N–H and O–H groups in total. The number of halogens is 1. The first kappa shape index (κ1) is 26.0. The molecule has 8 nitrogen and oxygen atoms in total. The van der Waals surface area contributed by atoms with Gasteiger partial charge in [0.15, 0.2) is 0 Å². The molecule has 2 aromatic carbocycles. The minimum atomic E-state index is -0.531. The van der Waals surface area contributed by atoms with Gasteiger partial charge in [0.25, 0.3) is 5.56 Å². The maximum Gasteiger partial charge on any atom is 0.332 e. The number of nitrogens with one attached hydrogen (secondary N) is 2. The number of amides is 2. The predicted molar refractivity (Wildman–Crippen MR) is 142 cm³/mol. The van der Waals surface area contributed by atoms with Gasteiger partial charge < -0.3 is 10.6 Å². The Bertz CT molecular complexity index is 1490. The fourth-order valence-corrected chi connectivity index (χ4v) is 4.82. The second-order valence-corrected chi connectivity index (χ2v) is 9.50. The van der Waals surface area contributed by atoms with Crippen LogP contribution in [0.25, 0.3) is 10.2 Å². The van der Waals surface area contributed by atoms with Gasteiger partial charge in [-0.2, -0.15) is 0 Å². The average Bonchev–Trinajstić information content (AvgIpc) is 3.38. The monoisotopic (exact) mass is 522 g/mol. The zero-order valence-corrected chi connectivity index (χ0v) is 20.9. The molecule has 2 aromatic heterocycles. The summed E-state index contributed by atoms with van der Waals surface area (Å²) in [5.74, 6) is -0.805. The van der Waals surface area contributed by atoms with Gasteiger partial charge in [-0.15, -0.1) is 11.3 Å². The molecule has 0 radical (unpaired) electrons. The number of para-hydroxylation sites is 1. The van der Waals surface area contributed by atoms with Crippen LogP contribution in [0.3, 0.4) is 0 Å². The average molecular weight is 523 g/mol.